The number of thioether (sulfide) groups is 1. The van der Waals surface area contributed by atoms with E-state index >= 15 is 0 Å². The molecule has 98 valence electrons. The Kier molecular flexibility index (Phi) is 5.80. The fraction of sp³-hybridized carbons (Fsp3) is 0.273. The van der Waals surface area contributed by atoms with Crippen molar-refractivity contribution in [3.05, 3.63) is 28.8 Å². The number of anilines is 1. The van der Waals surface area contributed by atoms with Crippen molar-refractivity contribution in [3.8, 4) is 0 Å². The highest BCUT2D eigenvalue weighted by Crippen LogP contribution is 2.19. The van der Waals surface area contributed by atoms with Crippen molar-refractivity contribution in [3.63, 3.8) is 0 Å². The second-order valence-electron chi connectivity index (χ2n) is 3.41. The van der Waals surface area contributed by atoms with Crippen LogP contribution in [0.15, 0.2) is 18.2 Å². The molecule has 1 aromatic rings. The molecule has 0 aliphatic rings. The van der Waals surface area contributed by atoms with Crippen LogP contribution in [0.5, 0.6) is 0 Å². The smallest absolute Gasteiger partial charge is 0.335 e. The normalized spacial score (nSPS) is 9.89. The minimum absolute atomic E-state index is 0.0295. The molecule has 0 aliphatic heterocycles. The van der Waals surface area contributed by atoms with Crippen LogP contribution in [0.3, 0.4) is 0 Å². The van der Waals surface area contributed by atoms with Crippen molar-refractivity contribution in [2.45, 2.75) is 0 Å². The number of carboxylic acid groups (broad SMARTS) is 1. The summed E-state index contributed by atoms with van der Waals surface area (Å²) in [6, 6.07) is 3.77. The first-order valence-corrected chi connectivity index (χ1v) is 6.88. The quantitative estimate of drug-likeness (QED) is 0.728. The van der Waals surface area contributed by atoms with Gasteiger partial charge in [0.05, 0.1) is 5.56 Å². The van der Waals surface area contributed by atoms with Gasteiger partial charge in [-0.05, 0) is 24.5 Å². The number of carboxylic acids is 1. The molecule has 0 radical (unpaired) electrons. The van der Waals surface area contributed by atoms with E-state index in [1.165, 1.54) is 18.2 Å². The first-order chi connectivity index (χ1) is 8.52. The molecule has 18 heavy (non-hydrogen) atoms. The standard InChI is InChI=1S/C11H13ClN2O3S/c1-18-3-2-13-11(17)14-9-5-7(10(15)16)4-8(12)6-9/h4-6H,2-3H2,1H3,(H,15,16)(H2,13,14,17). The molecule has 2 amide bonds. The van der Waals surface area contributed by atoms with E-state index < -0.39 is 5.97 Å². The summed E-state index contributed by atoms with van der Waals surface area (Å²) < 4.78 is 0. The third kappa shape index (κ3) is 4.85. The molecule has 0 bridgehead atoms. The SMILES string of the molecule is CSCCNC(=O)Nc1cc(Cl)cc(C(=O)O)c1. The molecule has 0 atom stereocenters. The fourth-order valence-corrected chi connectivity index (χ4v) is 1.77. The van der Waals surface area contributed by atoms with Gasteiger partial charge in [-0.2, -0.15) is 11.8 Å². The minimum Gasteiger partial charge on any atom is -0.478 e. The van der Waals surface area contributed by atoms with Crippen molar-refractivity contribution in [2.24, 2.45) is 0 Å². The Hall–Kier alpha value is -1.40. The number of benzene rings is 1. The van der Waals surface area contributed by atoms with Crippen LogP contribution in [0.25, 0.3) is 0 Å². The zero-order chi connectivity index (χ0) is 13.5. The average molecular weight is 289 g/mol. The first kappa shape index (κ1) is 14.7. The highest BCUT2D eigenvalue weighted by atomic mass is 35.5. The molecule has 0 aromatic heterocycles. The molecule has 0 unspecified atom stereocenters. The van der Waals surface area contributed by atoms with Gasteiger partial charge in [0.15, 0.2) is 0 Å². The summed E-state index contributed by atoms with van der Waals surface area (Å²) in [6.45, 7) is 0.541. The van der Waals surface area contributed by atoms with E-state index in [0.717, 1.165) is 5.75 Å². The lowest BCUT2D eigenvalue weighted by Crippen LogP contribution is -2.30. The molecule has 0 saturated heterocycles. The molecule has 1 aromatic carbocycles. The monoisotopic (exact) mass is 288 g/mol. The maximum absolute atomic E-state index is 11.5. The van der Waals surface area contributed by atoms with Gasteiger partial charge in [-0.15, -0.1) is 0 Å². The van der Waals surface area contributed by atoms with Crippen LogP contribution in [0.4, 0.5) is 10.5 Å². The Bertz CT molecular complexity index is 454. The average Bonchev–Trinajstić information content (AvgIpc) is 2.28. The molecule has 0 heterocycles. The second-order valence-corrected chi connectivity index (χ2v) is 4.83. The third-order valence-electron chi connectivity index (χ3n) is 1.99. The summed E-state index contributed by atoms with van der Waals surface area (Å²) in [5.41, 5.74) is 0.378. The van der Waals surface area contributed by atoms with E-state index in [-0.39, 0.29) is 16.6 Å². The van der Waals surface area contributed by atoms with Crippen LogP contribution in [-0.4, -0.2) is 35.7 Å². The Balaban J connectivity index is 2.66. The van der Waals surface area contributed by atoms with Gasteiger partial charge in [0.25, 0.3) is 0 Å². The molecule has 3 N–H and O–H groups in total. The summed E-state index contributed by atoms with van der Waals surface area (Å²) in [5, 5.41) is 14.3. The summed E-state index contributed by atoms with van der Waals surface area (Å²) in [5.74, 6) is -0.285. The molecule has 0 spiro atoms. The van der Waals surface area contributed by atoms with Gasteiger partial charge < -0.3 is 15.7 Å². The fourth-order valence-electron chi connectivity index (χ4n) is 1.23. The van der Waals surface area contributed by atoms with E-state index in [2.05, 4.69) is 10.6 Å². The van der Waals surface area contributed by atoms with Crippen molar-refractivity contribution >= 4 is 41.1 Å². The number of aromatic carboxylic acids is 1. The molecule has 1 rings (SSSR count). The van der Waals surface area contributed by atoms with Gasteiger partial charge in [0.2, 0.25) is 0 Å². The highest BCUT2D eigenvalue weighted by molar-refractivity contribution is 7.98. The first-order valence-electron chi connectivity index (χ1n) is 5.10. The van der Waals surface area contributed by atoms with E-state index in [1.807, 2.05) is 6.26 Å². The van der Waals surface area contributed by atoms with E-state index in [1.54, 1.807) is 11.8 Å². The molecule has 0 aliphatic carbocycles. The number of hydrogen-bond donors (Lipinski definition) is 3. The molecule has 0 fully saturated rings. The van der Waals surface area contributed by atoms with Gasteiger partial charge >= 0.3 is 12.0 Å². The zero-order valence-corrected chi connectivity index (χ0v) is 11.3. The Labute approximate surface area is 114 Å². The molecule has 5 nitrogen and oxygen atoms in total. The second kappa shape index (κ2) is 7.13. The number of hydrogen-bond acceptors (Lipinski definition) is 3. The van der Waals surface area contributed by atoms with Crippen LogP contribution >= 0.6 is 23.4 Å². The summed E-state index contributed by atoms with van der Waals surface area (Å²) >= 11 is 7.38. The molecule has 0 saturated carbocycles. The van der Waals surface area contributed by atoms with Crippen LogP contribution < -0.4 is 10.6 Å². The van der Waals surface area contributed by atoms with E-state index in [0.29, 0.717) is 12.2 Å². The van der Waals surface area contributed by atoms with Gasteiger partial charge in [-0.25, -0.2) is 9.59 Å². The summed E-state index contributed by atoms with van der Waals surface area (Å²) in [7, 11) is 0. The van der Waals surface area contributed by atoms with Gasteiger partial charge in [-0.3, -0.25) is 0 Å². The Morgan fingerprint density at radius 3 is 2.72 bits per heavy atom. The number of rotatable bonds is 5. The topological polar surface area (TPSA) is 78.4 Å². The Morgan fingerprint density at radius 1 is 1.39 bits per heavy atom. The van der Waals surface area contributed by atoms with E-state index in [4.69, 9.17) is 16.7 Å². The number of amides is 2. The van der Waals surface area contributed by atoms with Crippen molar-refractivity contribution in [2.75, 3.05) is 23.9 Å². The minimum atomic E-state index is -1.09. The highest BCUT2D eigenvalue weighted by Gasteiger charge is 2.08. The molecular formula is C11H13ClN2O3S. The van der Waals surface area contributed by atoms with Crippen LogP contribution in [0.2, 0.25) is 5.02 Å². The lowest BCUT2D eigenvalue weighted by Gasteiger charge is -2.08. The van der Waals surface area contributed by atoms with Crippen LogP contribution in [-0.2, 0) is 0 Å². The lowest BCUT2D eigenvalue weighted by molar-refractivity contribution is 0.0697. The predicted molar refractivity (Wildman–Crippen MR) is 73.8 cm³/mol. The van der Waals surface area contributed by atoms with Gasteiger partial charge in [0.1, 0.15) is 0 Å². The van der Waals surface area contributed by atoms with Crippen molar-refractivity contribution in [1.82, 2.24) is 5.32 Å². The maximum Gasteiger partial charge on any atom is 0.335 e. The summed E-state index contributed by atoms with van der Waals surface area (Å²) in [6.07, 6.45) is 1.94. The van der Waals surface area contributed by atoms with E-state index in [9.17, 15) is 9.59 Å². The summed E-state index contributed by atoms with van der Waals surface area (Å²) in [4.78, 5) is 22.3. The molecule has 7 heteroatoms. The number of nitrogens with one attached hydrogen (secondary N) is 2. The third-order valence-corrected chi connectivity index (χ3v) is 2.82. The predicted octanol–water partition coefficient (Wildman–Crippen LogP) is 2.52. The van der Waals surface area contributed by atoms with Crippen LogP contribution in [0, 0.1) is 0 Å². The van der Waals surface area contributed by atoms with Crippen LogP contribution in [0.1, 0.15) is 10.4 Å². The number of carbonyl (C=O) groups excluding carboxylic acids is 1. The number of carbonyl (C=O) groups is 2. The number of halogens is 1. The van der Waals surface area contributed by atoms with Crippen molar-refractivity contribution in [1.29, 1.82) is 0 Å². The number of urea groups is 1. The maximum atomic E-state index is 11.5. The Morgan fingerprint density at radius 2 is 2.11 bits per heavy atom. The van der Waals surface area contributed by atoms with Gasteiger partial charge in [-0.1, -0.05) is 11.6 Å². The van der Waals surface area contributed by atoms with Gasteiger partial charge in [0, 0.05) is 23.0 Å². The lowest BCUT2D eigenvalue weighted by atomic mass is 10.2. The zero-order valence-electron chi connectivity index (χ0n) is 9.70. The molecular weight excluding hydrogens is 276 g/mol. The largest absolute Gasteiger partial charge is 0.478 e. The van der Waals surface area contributed by atoms with Crippen molar-refractivity contribution < 1.29 is 14.7 Å².